The van der Waals surface area contributed by atoms with Crippen molar-refractivity contribution in [3.8, 4) is 17.2 Å². The molecule has 0 aromatic heterocycles. The van der Waals surface area contributed by atoms with Crippen LogP contribution in [0.5, 0.6) is 17.2 Å². The summed E-state index contributed by atoms with van der Waals surface area (Å²) in [7, 11) is 0. The van der Waals surface area contributed by atoms with Crippen LogP contribution in [0, 0.1) is 5.92 Å². The summed E-state index contributed by atoms with van der Waals surface area (Å²) in [6.07, 6.45) is 5.74. The lowest BCUT2D eigenvalue weighted by atomic mass is 9.29. The van der Waals surface area contributed by atoms with E-state index >= 15 is 0 Å². The summed E-state index contributed by atoms with van der Waals surface area (Å²) in [6, 6.07) is 21.9. The van der Waals surface area contributed by atoms with Gasteiger partial charge in [0.25, 0.3) is 0 Å². The third-order valence-electron chi connectivity index (χ3n) is 9.22. The van der Waals surface area contributed by atoms with Crippen LogP contribution in [0.4, 0.5) is 0 Å². The standard InChI is InChI=1S/C28H26O3/c29-20-5-1-18(2-6-20)26-12-17-13-27(14-26,19-3-7-21(30)8-4-19)16-28(15-26)24-10-9-22(31)11-23(24)25(17)28/h1-11,17,25,29-31H,12-16H2. The highest BCUT2D eigenvalue weighted by Crippen LogP contribution is 2.79. The Hall–Kier alpha value is -2.94. The van der Waals surface area contributed by atoms with E-state index in [1.807, 2.05) is 36.4 Å². The van der Waals surface area contributed by atoms with E-state index in [1.165, 1.54) is 35.1 Å². The van der Waals surface area contributed by atoms with Gasteiger partial charge in [-0.25, -0.2) is 0 Å². The summed E-state index contributed by atoms with van der Waals surface area (Å²) in [5, 5.41) is 30.0. The van der Waals surface area contributed by atoms with Crippen LogP contribution in [-0.2, 0) is 16.2 Å². The van der Waals surface area contributed by atoms with Crippen molar-refractivity contribution < 1.29 is 15.3 Å². The Morgan fingerprint density at radius 1 is 0.613 bits per heavy atom. The molecule has 3 aromatic carbocycles. The van der Waals surface area contributed by atoms with Gasteiger partial charge in [0.15, 0.2) is 0 Å². The van der Waals surface area contributed by atoms with Gasteiger partial charge < -0.3 is 15.3 Å². The van der Waals surface area contributed by atoms with E-state index in [-0.39, 0.29) is 16.2 Å². The number of phenols is 3. The molecule has 4 fully saturated rings. The Balaban J connectivity index is 1.44. The molecule has 5 aliphatic carbocycles. The maximum atomic E-state index is 10.1. The van der Waals surface area contributed by atoms with Crippen molar-refractivity contribution in [1.29, 1.82) is 0 Å². The van der Waals surface area contributed by atoms with Gasteiger partial charge in [0.2, 0.25) is 0 Å². The number of phenolic OH excluding ortho intramolecular Hbond substituents is 3. The van der Waals surface area contributed by atoms with Gasteiger partial charge in [-0.3, -0.25) is 0 Å². The fourth-order valence-corrected chi connectivity index (χ4v) is 8.68. The number of fused-ring (bicyclic) bond motifs is 1. The highest BCUT2D eigenvalue weighted by atomic mass is 16.3. The SMILES string of the molecule is Oc1ccc(C23CC4CC(c5ccc(O)cc5)(C2)CC2(C3)c3ccc(O)cc3C42)cc1. The summed E-state index contributed by atoms with van der Waals surface area (Å²) < 4.78 is 0. The summed E-state index contributed by atoms with van der Waals surface area (Å²) in [5.74, 6) is 2.13. The molecule has 1 spiro atoms. The van der Waals surface area contributed by atoms with Crippen LogP contribution in [0.3, 0.4) is 0 Å². The number of rotatable bonds is 2. The first-order valence-corrected chi connectivity index (χ1v) is 11.4. The van der Waals surface area contributed by atoms with E-state index in [0.717, 1.165) is 19.3 Å². The molecule has 4 bridgehead atoms. The second-order valence-electron chi connectivity index (χ2n) is 10.8. The van der Waals surface area contributed by atoms with Crippen LogP contribution >= 0.6 is 0 Å². The molecule has 31 heavy (non-hydrogen) atoms. The van der Waals surface area contributed by atoms with Crippen LogP contribution in [0.25, 0.3) is 0 Å². The number of benzene rings is 3. The molecule has 3 aromatic rings. The van der Waals surface area contributed by atoms with Crippen molar-refractivity contribution in [2.75, 3.05) is 0 Å². The first kappa shape index (κ1) is 17.7. The van der Waals surface area contributed by atoms with Crippen molar-refractivity contribution in [2.45, 2.75) is 54.3 Å². The monoisotopic (exact) mass is 410 g/mol. The van der Waals surface area contributed by atoms with Crippen LogP contribution in [0.2, 0.25) is 0 Å². The molecular weight excluding hydrogens is 384 g/mol. The fourth-order valence-electron chi connectivity index (χ4n) is 8.68. The molecule has 0 aliphatic heterocycles. The van der Waals surface area contributed by atoms with Gasteiger partial charge >= 0.3 is 0 Å². The molecule has 0 saturated heterocycles. The van der Waals surface area contributed by atoms with E-state index in [1.54, 1.807) is 0 Å². The number of aromatic hydroxyl groups is 3. The maximum Gasteiger partial charge on any atom is 0.115 e. The summed E-state index contributed by atoms with van der Waals surface area (Å²) >= 11 is 0. The quantitative estimate of drug-likeness (QED) is 0.514. The molecule has 0 amide bonds. The van der Waals surface area contributed by atoms with Gasteiger partial charge in [0, 0.05) is 5.41 Å². The van der Waals surface area contributed by atoms with Crippen molar-refractivity contribution in [3.63, 3.8) is 0 Å². The largest absolute Gasteiger partial charge is 0.508 e. The van der Waals surface area contributed by atoms with Crippen molar-refractivity contribution in [1.82, 2.24) is 0 Å². The molecule has 3 N–H and O–H groups in total. The minimum absolute atomic E-state index is 0.0961. The van der Waals surface area contributed by atoms with Gasteiger partial charge in [-0.2, -0.15) is 0 Å². The van der Waals surface area contributed by atoms with Crippen LogP contribution in [0.15, 0.2) is 66.7 Å². The molecule has 0 radical (unpaired) electrons. The van der Waals surface area contributed by atoms with Crippen LogP contribution in [-0.4, -0.2) is 15.3 Å². The molecule has 3 nitrogen and oxygen atoms in total. The number of hydrogen-bond acceptors (Lipinski definition) is 3. The highest BCUT2D eigenvalue weighted by Gasteiger charge is 2.72. The predicted octanol–water partition coefficient (Wildman–Crippen LogP) is 5.62. The molecule has 3 unspecified atom stereocenters. The van der Waals surface area contributed by atoms with Gasteiger partial charge in [-0.15, -0.1) is 0 Å². The van der Waals surface area contributed by atoms with Gasteiger partial charge in [0.1, 0.15) is 17.2 Å². The lowest BCUT2D eigenvalue weighted by Crippen LogP contribution is -2.68. The molecule has 156 valence electrons. The molecule has 0 heterocycles. The fraction of sp³-hybridized carbons (Fsp3) is 0.357. The molecule has 3 atom stereocenters. The van der Waals surface area contributed by atoms with E-state index in [0.29, 0.717) is 29.1 Å². The predicted molar refractivity (Wildman–Crippen MR) is 119 cm³/mol. The second-order valence-corrected chi connectivity index (χ2v) is 10.8. The van der Waals surface area contributed by atoms with Crippen molar-refractivity contribution in [2.24, 2.45) is 5.92 Å². The Bertz CT molecular complexity index is 1140. The lowest BCUT2D eigenvalue weighted by molar-refractivity contribution is -0.0857. The highest BCUT2D eigenvalue weighted by molar-refractivity contribution is 5.59. The smallest absolute Gasteiger partial charge is 0.115 e. The summed E-state index contributed by atoms with van der Waals surface area (Å²) in [5.41, 5.74) is 5.85. The first-order chi connectivity index (χ1) is 14.9. The van der Waals surface area contributed by atoms with Crippen LogP contribution < -0.4 is 0 Å². The van der Waals surface area contributed by atoms with E-state index in [9.17, 15) is 15.3 Å². The molecule has 8 rings (SSSR count). The van der Waals surface area contributed by atoms with Gasteiger partial charge in [-0.1, -0.05) is 30.3 Å². The average molecular weight is 411 g/mol. The zero-order valence-corrected chi connectivity index (χ0v) is 17.4. The Morgan fingerprint density at radius 3 is 1.68 bits per heavy atom. The topological polar surface area (TPSA) is 60.7 Å². The lowest BCUT2D eigenvalue weighted by Gasteiger charge is -2.74. The van der Waals surface area contributed by atoms with E-state index < -0.39 is 0 Å². The molecular formula is C28H26O3. The zero-order chi connectivity index (χ0) is 21.0. The Kier molecular flexibility index (Phi) is 3.11. The third kappa shape index (κ3) is 2.10. The zero-order valence-electron chi connectivity index (χ0n) is 17.4. The third-order valence-corrected chi connectivity index (χ3v) is 9.22. The molecule has 4 saturated carbocycles. The first-order valence-electron chi connectivity index (χ1n) is 11.4. The molecule has 5 aliphatic rings. The molecule has 3 heteroatoms. The maximum absolute atomic E-state index is 10.1. The normalized spacial score (nSPS) is 36.5. The van der Waals surface area contributed by atoms with Crippen molar-refractivity contribution in [3.05, 3.63) is 89.0 Å². The minimum Gasteiger partial charge on any atom is -0.508 e. The Labute approximate surface area is 182 Å². The summed E-state index contributed by atoms with van der Waals surface area (Å²) in [4.78, 5) is 0. The van der Waals surface area contributed by atoms with E-state index in [4.69, 9.17) is 0 Å². The van der Waals surface area contributed by atoms with Gasteiger partial charge in [0.05, 0.1) is 0 Å². The van der Waals surface area contributed by atoms with Crippen molar-refractivity contribution >= 4 is 0 Å². The second kappa shape index (κ2) is 5.45. The number of hydrogen-bond donors (Lipinski definition) is 3. The summed E-state index contributed by atoms with van der Waals surface area (Å²) in [6.45, 7) is 0. The average Bonchev–Trinajstić information content (AvgIpc) is 2.73. The van der Waals surface area contributed by atoms with E-state index in [2.05, 4.69) is 30.3 Å². The van der Waals surface area contributed by atoms with Crippen LogP contribution in [0.1, 0.15) is 60.3 Å². The van der Waals surface area contributed by atoms with Gasteiger partial charge in [-0.05, 0) is 113 Å². The Morgan fingerprint density at radius 2 is 1.13 bits per heavy atom. The minimum atomic E-state index is 0.0961.